The third-order valence-electron chi connectivity index (χ3n) is 5.45. The average molecular weight is 525 g/mol. The van der Waals surface area contributed by atoms with Crippen LogP contribution in [-0.4, -0.2) is 46.1 Å². The van der Waals surface area contributed by atoms with Crippen molar-refractivity contribution in [3.8, 4) is 0 Å². The molecule has 0 amide bonds. The summed E-state index contributed by atoms with van der Waals surface area (Å²) < 4.78 is 8.13. The minimum Gasteiger partial charge on any atom is -0.371 e. The molecule has 2 aromatic rings. The number of aliphatic imine (C=N–C) groups is 1. The molecule has 2 atom stereocenters. The minimum absolute atomic E-state index is 0. The molecule has 1 aliphatic heterocycles. The van der Waals surface area contributed by atoms with Gasteiger partial charge in [0.2, 0.25) is 0 Å². The summed E-state index contributed by atoms with van der Waals surface area (Å²) >= 11 is 0. The molecule has 7 heteroatoms. The van der Waals surface area contributed by atoms with Crippen molar-refractivity contribution in [1.29, 1.82) is 0 Å². The van der Waals surface area contributed by atoms with Crippen molar-refractivity contribution < 1.29 is 4.74 Å². The molecule has 1 fully saturated rings. The highest BCUT2D eigenvalue weighted by Crippen LogP contribution is 2.27. The van der Waals surface area contributed by atoms with E-state index in [1.807, 2.05) is 19.6 Å². The van der Waals surface area contributed by atoms with Gasteiger partial charge in [0, 0.05) is 39.1 Å². The molecule has 2 heterocycles. The third kappa shape index (κ3) is 6.97. The number of imidazole rings is 1. The maximum atomic E-state index is 5.91. The van der Waals surface area contributed by atoms with E-state index in [1.165, 1.54) is 11.1 Å². The molecule has 0 radical (unpaired) electrons. The van der Waals surface area contributed by atoms with Gasteiger partial charge in [-0.1, -0.05) is 31.2 Å². The second-order valence-corrected chi connectivity index (χ2v) is 8.91. The highest BCUT2D eigenvalue weighted by molar-refractivity contribution is 14.0. The number of likely N-dealkylation sites (tertiary alicyclic amines) is 1. The number of benzene rings is 1. The number of piperidine rings is 1. The first-order valence-corrected chi connectivity index (χ1v) is 10.5. The van der Waals surface area contributed by atoms with Crippen LogP contribution in [0.15, 0.2) is 48.0 Å². The summed E-state index contributed by atoms with van der Waals surface area (Å²) in [6.45, 7) is 11.9. The summed E-state index contributed by atoms with van der Waals surface area (Å²) in [5.74, 6) is 1.58. The van der Waals surface area contributed by atoms with Gasteiger partial charge < -0.3 is 19.5 Å². The Hall–Kier alpha value is -1.61. The van der Waals surface area contributed by atoms with Crippen molar-refractivity contribution in [2.75, 3.05) is 20.1 Å². The van der Waals surface area contributed by atoms with Crippen LogP contribution in [0.2, 0.25) is 0 Å². The van der Waals surface area contributed by atoms with Crippen LogP contribution in [0.1, 0.15) is 51.3 Å². The molecule has 0 spiro atoms. The Balaban J connectivity index is 0.00000320. The van der Waals surface area contributed by atoms with E-state index in [4.69, 9.17) is 4.74 Å². The number of hydrogen-bond donors (Lipinski definition) is 1. The van der Waals surface area contributed by atoms with Crippen LogP contribution in [0.25, 0.3) is 0 Å². The molecule has 0 saturated carbocycles. The van der Waals surface area contributed by atoms with Gasteiger partial charge in [0.05, 0.1) is 24.6 Å². The van der Waals surface area contributed by atoms with Crippen molar-refractivity contribution >= 4 is 29.9 Å². The summed E-state index contributed by atoms with van der Waals surface area (Å²) in [5, 5.41) is 3.55. The SMILES string of the molecule is CN=C(NCc1cccc(COC(C)(C)C)c1)N1CCC(C)C(n2ccnc2)C1.I. The lowest BCUT2D eigenvalue weighted by molar-refractivity contribution is -0.0149. The zero-order chi connectivity index (χ0) is 20.9. The number of halogens is 1. The van der Waals surface area contributed by atoms with E-state index in [1.54, 1.807) is 0 Å². The quantitative estimate of drug-likeness (QED) is 0.356. The van der Waals surface area contributed by atoms with Gasteiger partial charge in [-0.25, -0.2) is 4.98 Å². The van der Waals surface area contributed by atoms with Gasteiger partial charge in [-0.15, -0.1) is 24.0 Å². The number of ether oxygens (including phenoxy) is 1. The summed E-state index contributed by atoms with van der Waals surface area (Å²) in [6.07, 6.45) is 6.98. The van der Waals surface area contributed by atoms with Crippen molar-refractivity contribution in [3.63, 3.8) is 0 Å². The first kappa shape index (κ1) is 24.7. The number of guanidine groups is 1. The topological polar surface area (TPSA) is 54.7 Å². The zero-order valence-corrected chi connectivity index (χ0v) is 21.2. The smallest absolute Gasteiger partial charge is 0.193 e. The number of aromatic nitrogens is 2. The first-order valence-electron chi connectivity index (χ1n) is 10.5. The predicted octanol–water partition coefficient (Wildman–Crippen LogP) is 4.47. The zero-order valence-electron chi connectivity index (χ0n) is 18.8. The summed E-state index contributed by atoms with van der Waals surface area (Å²) in [6, 6.07) is 8.99. The third-order valence-corrected chi connectivity index (χ3v) is 5.45. The Morgan fingerprint density at radius 2 is 2.07 bits per heavy atom. The molecule has 6 nitrogen and oxygen atoms in total. The maximum Gasteiger partial charge on any atom is 0.193 e. The monoisotopic (exact) mass is 525 g/mol. The van der Waals surface area contributed by atoms with Gasteiger partial charge >= 0.3 is 0 Å². The summed E-state index contributed by atoms with van der Waals surface area (Å²) in [4.78, 5) is 11.1. The number of hydrogen-bond acceptors (Lipinski definition) is 3. The van der Waals surface area contributed by atoms with Gasteiger partial charge in [-0.05, 0) is 44.2 Å². The summed E-state index contributed by atoms with van der Waals surface area (Å²) in [7, 11) is 1.86. The number of rotatable bonds is 5. The van der Waals surface area contributed by atoms with Gasteiger partial charge in [0.15, 0.2) is 5.96 Å². The van der Waals surface area contributed by atoms with Gasteiger partial charge in [-0.2, -0.15) is 0 Å². The first-order chi connectivity index (χ1) is 13.9. The fourth-order valence-corrected chi connectivity index (χ4v) is 3.74. The normalized spacial score (nSPS) is 20.0. The number of nitrogens with zero attached hydrogens (tertiary/aromatic N) is 4. The van der Waals surface area contributed by atoms with E-state index in [0.29, 0.717) is 18.6 Å². The van der Waals surface area contributed by atoms with Crippen LogP contribution in [0.3, 0.4) is 0 Å². The molecule has 1 aliphatic rings. The molecule has 30 heavy (non-hydrogen) atoms. The van der Waals surface area contributed by atoms with Crippen LogP contribution in [-0.2, 0) is 17.9 Å². The van der Waals surface area contributed by atoms with E-state index < -0.39 is 0 Å². The molecular formula is C23H36IN5O. The van der Waals surface area contributed by atoms with Crippen LogP contribution in [0.4, 0.5) is 0 Å². The fraction of sp³-hybridized carbons (Fsp3) is 0.565. The lowest BCUT2D eigenvalue weighted by Gasteiger charge is -2.39. The molecule has 1 N–H and O–H groups in total. The highest BCUT2D eigenvalue weighted by atomic mass is 127. The van der Waals surface area contributed by atoms with Crippen LogP contribution < -0.4 is 5.32 Å². The Morgan fingerprint density at radius 1 is 1.30 bits per heavy atom. The van der Waals surface area contributed by atoms with Crippen molar-refractivity contribution in [1.82, 2.24) is 19.8 Å². The molecule has 1 saturated heterocycles. The van der Waals surface area contributed by atoms with Crippen molar-refractivity contribution in [2.24, 2.45) is 10.9 Å². The van der Waals surface area contributed by atoms with Gasteiger partial charge in [-0.3, -0.25) is 4.99 Å². The van der Waals surface area contributed by atoms with Crippen LogP contribution in [0, 0.1) is 5.92 Å². The van der Waals surface area contributed by atoms with Gasteiger partial charge in [0.25, 0.3) is 0 Å². The largest absolute Gasteiger partial charge is 0.371 e. The average Bonchev–Trinajstić information content (AvgIpc) is 3.22. The molecule has 1 aromatic heterocycles. The molecule has 0 bridgehead atoms. The van der Waals surface area contributed by atoms with Crippen molar-refractivity contribution in [3.05, 3.63) is 54.1 Å². The molecule has 166 valence electrons. The van der Waals surface area contributed by atoms with Gasteiger partial charge in [0.1, 0.15) is 0 Å². The lowest BCUT2D eigenvalue weighted by Crippen LogP contribution is -2.48. The second-order valence-electron chi connectivity index (χ2n) is 8.91. The fourth-order valence-electron chi connectivity index (χ4n) is 3.74. The Labute approximate surface area is 198 Å². The highest BCUT2D eigenvalue weighted by Gasteiger charge is 2.28. The molecule has 1 aromatic carbocycles. The lowest BCUT2D eigenvalue weighted by atomic mass is 9.93. The molecule has 0 aliphatic carbocycles. The maximum absolute atomic E-state index is 5.91. The van der Waals surface area contributed by atoms with E-state index in [2.05, 4.69) is 82.9 Å². The summed E-state index contributed by atoms with van der Waals surface area (Å²) in [5.41, 5.74) is 2.30. The molecular weight excluding hydrogens is 489 g/mol. The van der Waals surface area contributed by atoms with E-state index in [0.717, 1.165) is 32.0 Å². The van der Waals surface area contributed by atoms with Crippen LogP contribution in [0.5, 0.6) is 0 Å². The minimum atomic E-state index is -0.131. The predicted molar refractivity (Wildman–Crippen MR) is 133 cm³/mol. The van der Waals surface area contributed by atoms with E-state index in [9.17, 15) is 0 Å². The Kier molecular flexibility index (Phi) is 9.15. The second kappa shape index (κ2) is 11.1. The standard InChI is InChI=1S/C23H35N5O.HI/c1-18-9-11-27(15-21(18)28-12-10-25-17-28)22(24-5)26-14-19-7-6-8-20(13-19)16-29-23(2,3)4;/h6-8,10,12-13,17-18,21H,9,11,14-16H2,1-5H3,(H,24,26);1H. The van der Waals surface area contributed by atoms with Crippen LogP contribution >= 0.6 is 24.0 Å². The van der Waals surface area contributed by atoms with Crippen molar-refractivity contribution in [2.45, 2.75) is 58.9 Å². The Morgan fingerprint density at radius 3 is 2.73 bits per heavy atom. The molecule has 3 rings (SSSR count). The van der Waals surface area contributed by atoms with E-state index >= 15 is 0 Å². The molecule has 2 unspecified atom stereocenters. The number of nitrogens with one attached hydrogen (secondary N) is 1. The Bertz CT molecular complexity index is 800. The van der Waals surface area contributed by atoms with E-state index in [-0.39, 0.29) is 29.6 Å².